The van der Waals surface area contributed by atoms with Gasteiger partial charge in [0.25, 0.3) is 5.91 Å². The lowest BCUT2D eigenvalue weighted by Gasteiger charge is -2.18. The van der Waals surface area contributed by atoms with Gasteiger partial charge in [0.2, 0.25) is 0 Å². The zero-order chi connectivity index (χ0) is 14.5. The lowest BCUT2D eigenvalue weighted by molar-refractivity contribution is 0.0934. The zero-order valence-corrected chi connectivity index (χ0v) is 12.4. The van der Waals surface area contributed by atoms with Crippen molar-refractivity contribution in [3.8, 4) is 0 Å². The molecule has 0 spiro atoms. The topological polar surface area (TPSA) is 67.1 Å². The molecular weight excluding hydrogens is 250 g/mol. The Morgan fingerprint density at radius 3 is 2.80 bits per heavy atom. The van der Waals surface area contributed by atoms with Crippen LogP contribution in [0.1, 0.15) is 54.9 Å². The molecule has 2 atom stereocenters. The van der Waals surface area contributed by atoms with Crippen LogP contribution in [0.4, 0.5) is 5.69 Å². The lowest BCUT2D eigenvalue weighted by atomic mass is 10.0. The highest BCUT2D eigenvalue weighted by atomic mass is 16.1. The average Bonchev–Trinajstić information content (AvgIpc) is 2.63. The fourth-order valence-electron chi connectivity index (χ4n) is 2.87. The number of carbonyl (C=O) groups is 1. The van der Waals surface area contributed by atoms with Gasteiger partial charge in [-0.05, 0) is 44.2 Å². The van der Waals surface area contributed by atoms with Crippen LogP contribution < -0.4 is 16.6 Å². The molecule has 1 saturated carbocycles. The molecule has 1 amide bonds. The summed E-state index contributed by atoms with van der Waals surface area (Å²) in [6, 6.07) is 5.96. The molecule has 20 heavy (non-hydrogen) atoms. The summed E-state index contributed by atoms with van der Waals surface area (Å²) in [7, 11) is 0. The second kappa shape index (κ2) is 6.75. The number of benzene rings is 1. The van der Waals surface area contributed by atoms with Gasteiger partial charge in [-0.15, -0.1) is 0 Å². The maximum Gasteiger partial charge on any atom is 0.253 e. The van der Waals surface area contributed by atoms with Gasteiger partial charge in [-0.3, -0.25) is 10.6 Å². The summed E-state index contributed by atoms with van der Waals surface area (Å²) in [5, 5.41) is 3.16. The molecule has 1 aliphatic carbocycles. The van der Waals surface area contributed by atoms with Crippen LogP contribution in [0.3, 0.4) is 0 Å². The van der Waals surface area contributed by atoms with Gasteiger partial charge in [-0.1, -0.05) is 31.4 Å². The van der Waals surface area contributed by atoms with Crippen molar-refractivity contribution in [3.05, 3.63) is 29.3 Å². The molecule has 110 valence electrons. The second-order valence-electron chi connectivity index (χ2n) is 5.98. The minimum absolute atomic E-state index is 0.0267. The van der Waals surface area contributed by atoms with Gasteiger partial charge < -0.3 is 10.7 Å². The zero-order valence-electron chi connectivity index (χ0n) is 12.4. The highest BCUT2D eigenvalue weighted by Crippen LogP contribution is 2.23. The molecule has 4 N–H and O–H groups in total. The van der Waals surface area contributed by atoms with Gasteiger partial charge in [0.05, 0.1) is 11.3 Å². The Bertz CT molecular complexity index is 473. The van der Waals surface area contributed by atoms with E-state index < -0.39 is 0 Å². The number of nitrogen functional groups attached to an aromatic ring is 1. The lowest BCUT2D eigenvalue weighted by Crippen LogP contribution is -2.35. The minimum atomic E-state index is -0.0267. The molecule has 0 saturated heterocycles. The minimum Gasteiger partial charge on any atom is -0.349 e. The van der Waals surface area contributed by atoms with Gasteiger partial charge in [0.15, 0.2) is 0 Å². The number of hydrazine groups is 1. The Balaban J connectivity index is 2.06. The fraction of sp³-hybridized carbons (Fsp3) is 0.562. The van der Waals surface area contributed by atoms with Crippen molar-refractivity contribution in [2.24, 2.45) is 11.8 Å². The van der Waals surface area contributed by atoms with E-state index in [1.54, 1.807) is 0 Å². The molecule has 0 aliphatic heterocycles. The predicted octanol–water partition coefficient (Wildman–Crippen LogP) is 2.98. The molecule has 2 rings (SSSR count). The number of amides is 1. The van der Waals surface area contributed by atoms with Crippen molar-refractivity contribution >= 4 is 11.6 Å². The first kappa shape index (κ1) is 14.9. The summed E-state index contributed by atoms with van der Waals surface area (Å²) < 4.78 is 0. The summed E-state index contributed by atoms with van der Waals surface area (Å²) in [5.41, 5.74) is 4.96. The number of aryl methyl sites for hydroxylation is 1. The number of nitrogens with two attached hydrogens (primary N) is 1. The smallest absolute Gasteiger partial charge is 0.253 e. The highest BCUT2D eigenvalue weighted by Gasteiger charge is 2.19. The first-order valence-corrected chi connectivity index (χ1v) is 7.48. The third kappa shape index (κ3) is 3.73. The van der Waals surface area contributed by atoms with Crippen molar-refractivity contribution in [1.29, 1.82) is 0 Å². The number of anilines is 1. The quantitative estimate of drug-likeness (QED) is 0.451. The van der Waals surface area contributed by atoms with E-state index in [0.29, 0.717) is 17.3 Å². The van der Waals surface area contributed by atoms with Crippen LogP contribution in [0.2, 0.25) is 0 Å². The van der Waals surface area contributed by atoms with E-state index >= 15 is 0 Å². The molecule has 0 heterocycles. The summed E-state index contributed by atoms with van der Waals surface area (Å²) in [6.07, 6.45) is 5.81. The Hall–Kier alpha value is -1.55. The number of carbonyl (C=O) groups excluding carboxylic acids is 1. The van der Waals surface area contributed by atoms with E-state index in [2.05, 4.69) is 17.7 Å². The van der Waals surface area contributed by atoms with Crippen molar-refractivity contribution in [3.63, 3.8) is 0 Å². The molecular formula is C16H25N3O. The average molecular weight is 275 g/mol. The highest BCUT2D eigenvalue weighted by molar-refractivity contribution is 5.99. The monoisotopic (exact) mass is 275 g/mol. The van der Waals surface area contributed by atoms with Gasteiger partial charge in [-0.25, -0.2) is 0 Å². The summed E-state index contributed by atoms with van der Waals surface area (Å²) >= 11 is 0. The molecule has 1 aromatic rings. The molecule has 2 unspecified atom stereocenters. The van der Waals surface area contributed by atoms with Crippen LogP contribution in [0.15, 0.2) is 18.2 Å². The second-order valence-corrected chi connectivity index (χ2v) is 5.98. The number of hydrogen-bond donors (Lipinski definition) is 3. The Morgan fingerprint density at radius 1 is 1.25 bits per heavy atom. The van der Waals surface area contributed by atoms with Crippen LogP contribution in [0.25, 0.3) is 0 Å². The molecule has 1 fully saturated rings. The third-order valence-corrected chi connectivity index (χ3v) is 4.17. The van der Waals surface area contributed by atoms with E-state index in [-0.39, 0.29) is 5.91 Å². The van der Waals surface area contributed by atoms with Gasteiger partial charge in [0.1, 0.15) is 0 Å². The maximum atomic E-state index is 12.4. The number of nitrogens with one attached hydrogen (secondary N) is 2. The number of hydrogen-bond acceptors (Lipinski definition) is 3. The van der Waals surface area contributed by atoms with Crippen molar-refractivity contribution in [2.75, 3.05) is 5.43 Å². The van der Waals surface area contributed by atoms with Crippen LogP contribution in [0, 0.1) is 12.8 Å². The Kier molecular flexibility index (Phi) is 5.01. The summed E-state index contributed by atoms with van der Waals surface area (Å²) in [6.45, 7) is 4.27. The third-order valence-electron chi connectivity index (χ3n) is 4.17. The number of rotatable bonds is 3. The van der Waals surface area contributed by atoms with Crippen LogP contribution >= 0.6 is 0 Å². The summed E-state index contributed by atoms with van der Waals surface area (Å²) in [4.78, 5) is 12.4. The molecule has 0 aromatic heterocycles. The van der Waals surface area contributed by atoms with Crippen LogP contribution in [-0.4, -0.2) is 11.9 Å². The largest absolute Gasteiger partial charge is 0.349 e. The maximum absolute atomic E-state index is 12.4. The van der Waals surface area contributed by atoms with Crippen LogP contribution in [0.5, 0.6) is 0 Å². The van der Waals surface area contributed by atoms with E-state index in [1.165, 1.54) is 19.3 Å². The Morgan fingerprint density at radius 2 is 2.05 bits per heavy atom. The van der Waals surface area contributed by atoms with E-state index in [4.69, 9.17) is 5.84 Å². The molecule has 0 radical (unpaired) electrons. The van der Waals surface area contributed by atoms with Crippen molar-refractivity contribution < 1.29 is 4.79 Å². The SMILES string of the molecule is Cc1ccc(NN)c(C(=O)NC2CCCC(C)CC2)c1. The predicted molar refractivity (Wildman–Crippen MR) is 82.5 cm³/mol. The molecule has 4 heteroatoms. The fourth-order valence-corrected chi connectivity index (χ4v) is 2.87. The molecule has 1 aromatic carbocycles. The van der Waals surface area contributed by atoms with Gasteiger partial charge in [0, 0.05) is 6.04 Å². The van der Waals surface area contributed by atoms with Crippen LogP contribution in [-0.2, 0) is 0 Å². The normalized spacial score (nSPS) is 22.9. The van der Waals surface area contributed by atoms with Crippen molar-refractivity contribution in [1.82, 2.24) is 5.32 Å². The van der Waals surface area contributed by atoms with E-state index in [9.17, 15) is 4.79 Å². The van der Waals surface area contributed by atoms with Gasteiger partial charge in [-0.2, -0.15) is 0 Å². The standard InChI is InChI=1S/C16H25N3O/c1-11-4-3-5-13(8-6-11)18-16(20)14-10-12(2)7-9-15(14)19-17/h7,9-11,13,19H,3-6,8,17H2,1-2H3,(H,18,20). The first-order valence-electron chi connectivity index (χ1n) is 7.48. The van der Waals surface area contributed by atoms with Crippen molar-refractivity contribution in [2.45, 2.75) is 52.0 Å². The molecule has 0 bridgehead atoms. The molecule has 4 nitrogen and oxygen atoms in total. The van der Waals surface area contributed by atoms with E-state index in [1.807, 2.05) is 25.1 Å². The van der Waals surface area contributed by atoms with Gasteiger partial charge >= 0.3 is 0 Å². The Labute approximate surface area is 121 Å². The molecule has 1 aliphatic rings. The first-order chi connectivity index (χ1) is 9.60. The summed E-state index contributed by atoms with van der Waals surface area (Å²) in [5.74, 6) is 6.23. The van der Waals surface area contributed by atoms with E-state index in [0.717, 1.165) is 24.3 Å².